The Hall–Kier alpha value is -0.450. The maximum Gasteiger partial charge on any atom is 0.389 e. The zero-order valence-electron chi connectivity index (χ0n) is 8.06. The second-order valence-corrected chi connectivity index (χ2v) is 4.25. The van der Waals surface area contributed by atoms with Gasteiger partial charge in [0.15, 0.2) is 0 Å². The number of aliphatic hydroxyl groups excluding tert-OH is 1. The van der Waals surface area contributed by atoms with Gasteiger partial charge in [0.1, 0.15) is 0 Å². The standard InChI is InChI=1S/C10H9Cl2F3O/c11-7-3-6(4-8(12)5-7)9(16)1-2-10(13,14)15/h3-5,9,16H,1-2H2. The van der Waals surface area contributed by atoms with E-state index in [2.05, 4.69) is 0 Å². The van der Waals surface area contributed by atoms with E-state index in [-0.39, 0.29) is 10.0 Å². The van der Waals surface area contributed by atoms with Crippen molar-refractivity contribution in [2.75, 3.05) is 0 Å². The lowest BCUT2D eigenvalue weighted by atomic mass is 10.1. The first-order valence-electron chi connectivity index (χ1n) is 4.49. The van der Waals surface area contributed by atoms with Crippen LogP contribution in [0.2, 0.25) is 10.0 Å². The van der Waals surface area contributed by atoms with Gasteiger partial charge < -0.3 is 5.11 Å². The fourth-order valence-corrected chi connectivity index (χ4v) is 1.78. The second-order valence-electron chi connectivity index (χ2n) is 3.37. The zero-order valence-corrected chi connectivity index (χ0v) is 9.57. The Morgan fingerprint density at radius 2 is 1.62 bits per heavy atom. The summed E-state index contributed by atoms with van der Waals surface area (Å²) in [5.41, 5.74) is 0.293. The van der Waals surface area contributed by atoms with Gasteiger partial charge in [-0.3, -0.25) is 0 Å². The lowest BCUT2D eigenvalue weighted by Gasteiger charge is -2.13. The summed E-state index contributed by atoms with van der Waals surface area (Å²) in [5, 5.41) is 10.1. The van der Waals surface area contributed by atoms with Gasteiger partial charge in [0.2, 0.25) is 0 Å². The van der Waals surface area contributed by atoms with E-state index in [4.69, 9.17) is 23.2 Å². The summed E-state index contributed by atoms with van der Waals surface area (Å²) in [4.78, 5) is 0. The Bertz CT molecular complexity index is 345. The molecule has 1 rings (SSSR count). The molecule has 0 aromatic heterocycles. The van der Waals surface area contributed by atoms with Gasteiger partial charge in [-0.1, -0.05) is 23.2 Å². The fourth-order valence-electron chi connectivity index (χ4n) is 1.23. The summed E-state index contributed by atoms with van der Waals surface area (Å²) >= 11 is 11.3. The second kappa shape index (κ2) is 5.25. The minimum atomic E-state index is -4.27. The predicted octanol–water partition coefficient (Wildman–Crippen LogP) is 4.37. The van der Waals surface area contributed by atoms with Crippen LogP contribution in [0.3, 0.4) is 0 Å². The largest absolute Gasteiger partial charge is 0.389 e. The predicted molar refractivity (Wildman–Crippen MR) is 56.7 cm³/mol. The lowest BCUT2D eigenvalue weighted by molar-refractivity contribution is -0.140. The summed E-state index contributed by atoms with van der Waals surface area (Å²) < 4.78 is 35.8. The van der Waals surface area contributed by atoms with Crippen molar-refractivity contribution in [2.24, 2.45) is 0 Å². The molecule has 0 bridgehead atoms. The van der Waals surface area contributed by atoms with E-state index < -0.39 is 25.1 Å². The summed E-state index contributed by atoms with van der Waals surface area (Å²) in [6.45, 7) is 0. The van der Waals surface area contributed by atoms with Crippen molar-refractivity contribution in [3.05, 3.63) is 33.8 Å². The molecular weight excluding hydrogens is 264 g/mol. The maximum atomic E-state index is 11.9. The topological polar surface area (TPSA) is 20.2 Å². The molecule has 0 aliphatic rings. The maximum absolute atomic E-state index is 11.9. The molecule has 90 valence electrons. The van der Waals surface area contributed by atoms with Crippen molar-refractivity contribution >= 4 is 23.2 Å². The highest BCUT2D eigenvalue weighted by Crippen LogP contribution is 2.30. The number of hydrogen-bond acceptors (Lipinski definition) is 1. The van der Waals surface area contributed by atoms with Crippen molar-refractivity contribution in [1.29, 1.82) is 0 Å². The summed E-state index contributed by atoms with van der Waals surface area (Å²) in [5.74, 6) is 0. The first-order valence-corrected chi connectivity index (χ1v) is 5.24. The van der Waals surface area contributed by atoms with Gasteiger partial charge in [0.25, 0.3) is 0 Å². The molecule has 1 nitrogen and oxygen atoms in total. The first kappa shape index (κ1) is 13.6. The van der Waals surface area contributed by atoms with Gasteiger partial charge in [-0.2, -0.15) is 13.2 Å². The molecule has 0 spiro atoms. The molecule has 1 aromatic rings. The van der Waals surface area contributed by atoms with Crippen LogP contribution in [0.1, 0.15) is 24.5 Å². The third-order valence-electron chi connectivity index (χ3n) is 1.97. The molecule has 6 heteroatoms. The fraction of sp³-hybridized carbons (Fsp3) is 0.400. The van der Waals surface area contributed by atoms with Crippen LogP contribution in [0.4, 0.5) is 13.2 Å². The van der Waals surface area contributed by atoms with Crippen LogP contribution in [-0.2, 0) is 0 Å². The van der Waals surface area contributed by atoms with Gasteiger partial charge in [-0.25, -0.2) is 0 Å². The summed E-state index contributed by atoms with van der Waals surface area (Å²) in [6.07, 6.45) is -6.93. The molecule has 0 heterocycles. The molecular formula is C10H9Cl2F3O. The van der Waals surface area contributed by atoms with Gasteiger partial charge in [0, 0.05) is 16.5 Å². The molecule has 0 radical (unpaired) electrons. The average molecular weight is 273 g/mol. The minimum absolute atomic E-state index is 0.286. The summed E-state index contributed by atoms with van der Waals surface area (Å²) in [7, 11) is 0. The number of rotatable bonds is 3. The van der Waals surface area contributed by atoms with Crippen LogP contribution in [0.5, 0.6) is 0 Å². The molecule has 0 fully saturated rings. The third kappa shape index (κ3) is 4.60. The van der Waals surface area contributed by atoms with Crippen molar-refractivity contribution in [1.82, 2.24) is 0 Å². The van der Waals surface area contributed by atoms with Gasteiger partial charge in [-0.15, -0.1) is 0 Å². The average Bonchev–Trinajstić information content (AvgIpc) is 2.11. The van der Waals surface area contributed by atoms with Gasteiger partial charge in [-0.05, 0) is 30.2 Å². The molecule has 0 amide bonds. The number of hydrogen-bond donors (Lipinski definition) is 1. The van der Waals surface area contributed by atoms with Crippen molar-refractivity contribution in [3.63, 3.8) is 0 Å². The molecule has 0 aliphatic heterocycles. The van der Waals surface area contributed by atoms with E-state index in [1.54, 1.807) is 0 Å². The van der Waals surface area contributed by atoms with Crippen molar-refractivity contribution < 1.29 is 18.3 Å². The molecule has 1 atom stereocenters. The lowest BCUT2D eigenvalue weighted by Crippen LogP contribution is -2.10. The molecule has 1 unspecified atom stereocenters. The third-order valence-corrected chi connectivity index (χ3v) is 2.41. The quantitative estimate of drug-likeness (QED) is 0.867. The van der Waals surface area contributed by atoms with Crippen LogP contribution >= 0.6 is 23.2 Å². The van der Waals surface area contributed by atoms with Crippen LogP contribution in [0.15, 0.2) is 18.2 Å². The van der Waals surface area contributed by atoms with E-state index >= 15 is 0 Å². The number of aliphatic hydroxyl groups is 1. The Labute approximate surface area is 101 Å². The summed E-state index contributed by atoms with van der Waals surface area (Å²) in [6, 6.07) is 4.24. The highest BCUT2D eigenvalue weighted by molar-refractivity contribution is 6.34. The molecule has 0 aliphatic carbocycles. The van der Waals surface area contributed by atoms with Crippen molar-refractivity contribution in [2.45, 2.75) is 25.1 Å². The van der Waals surface area contributed by atoms with Crippen molar-refractivity contribution in [3.8, 4) is 0 Å². The minimum Gasteiger partial charge on any atom is -0.388 e. The highest BCUT2D eigenvalue weighted by atomic mass is 35.5. The van der Waals surface area contributed by atoms with E-state index in [0.717, 1.165) is 0 Å². The van der Waals surface area contributed by atoms with Crippen LogP contribution in [-0.4, -0.2) is 11.3 Å². The molecule has 0 saturated heterocycles. The number of alkyl halides is 3. The SMILES string of the molecule is OC(CCC(F)(F)F)c1cc(Cl)cc(Cl)c1. The normalized spacial score (nSPS) is 13.9. The zero-order chi connectivity index (χ0) is 12.3. The Morgan fingerprint density at radius 3 is 2.06 bits per heavy atom. The van der Waals surface area contributed by atoms with E-state index in [1.807, 2.05) is 0 Å². The first-order chi connectivity index (χ1) is 7.28. The molecule has 16 heavy (non-hydrogen) atoms. The van der Waals surface area contributed by atoms with Crippen LogP contribution < -0.4 is 0 Å². The van der Waals surface area contributed by atoms with Crippen LogP contribution in [0.25, 0.3) is 0 Å². The molecule has 1 N–H and O–H groups in total. The van der Waals surface area contributed by atoms with Gasteiger partial charge >= 0.3 is 6.18 Å². The van der Waals surface area contributed by atoms with Crippen LogP contribution in [0, 0.1) is 0 Å². The smallest absolute Gasteiger partial charge is 0.388 e. The van der Waals surface area contributed by atoms with E-state index in [1.165, 1.54) is 18.2 Å². The molecule has 1 aromatic carbocycles. The van der Waals surface area contributed by atoms with E-state index in [0.29, 0.717) is 5.56 Å². The highest BCUT2D eigenvalue weighted by Gasteiger charge is 2.28. The Balaban J connectivity index is 2.69. The number of benzene rings is 1. The number of halogens is 5. The van der Waals surface area contributed by atoms with Gasteiger partial charge in [0.05, 0.1) is 6.10 Å². The monoisotopic (exact) mass is 272 g/mol. The molecule has 0 saturated carbocycles. The Morgan fingerprint density at radius 1 is 1.12 bits per heavy atom. The Kier molecular flexibility index (Phi) is 4.47. The van der Waals surface area contributed by atoms with E-state index in [9.17, 15) is 18.3 Å².